The second-order valence-electron chi connectivity index (χ2n) is 8.95. The third kappa shape index (κ3) is 4.19. The number of imidazole rings is 1. The second kappa shape index (κ2) is 9.10. The number of aromatic hydroxyl groups is 2. The van der Waals surface area contributed by atoms with E-state index in [1.54, 1.807) is 17.0 Å². The van der Waals surface area contributed by atoms with Crippen LogP contribution in [-0.4, -0.2) is 67.5 Å². The molecule has 182 valence electrons. The molecule has 0 aliphatic carbocycles. The van der Waals surface area contributed by atoms with E-state index in [4.69, 9.17) is 4.74 Å². The molecular formula is C27H25N5O4. The molecule has 0 saturated carbocycles. The number of morpholine rings is 1. The largest absolute Gasteiger partial charge is 0.508 e. The van der Waals surface area contributed by atoms with E-state index in [0.717, 1.165) is 55.0 Å². The Kier molecular flexibility index (Phi) is 5.63. The zero-order valence-electron chi connectivity index (χ0n) is 19.5. The van der Waals surface area contributed by atoms with Crippen LogP contribution in [0.1, 0.15) is 0 Å². The molecule has 1 fully saturated rings. The van der Waals surface area contributed by atoms with Crippen LogP contribution < -0.4 is 5.56 Å². The van der Waals surface area contributed by atoms with Gasteiger partial charge in [0.1, 0.15) is 17.3 Å². The molecule has 1 aliphatic heterocycles. The maximum atomic E-state index is 13.2. The third-order valence-corrected chi connectivity index (χ3v) is 6.64. The number of nitrogens with zero attached hydrogens (tertiary/aromatic N) is 4. The summed E-state index contributed by atoms with van der Waals surface area (Å²) in [5, 5.41) is 20.3. The zero-order chi connectivity index (χ0) is 24.6. The fraction of sp³-hybridized carbons (Fsp3) is 0.222. The summed E-state index contributed by atoms with van der Waals surface area (Å²) < 4.78 is 7.08. The van der Waals surface area contributed by atoms with Gasteiger partial charge in [-0.05, 0) is 47.5 Å². The van der Waals surface area contributed by atoms with Crippen LogP contribution in [0.2, 0.25) is 0 Å². The maximum absolute atomic E-state index is 13.2. The molecule has 3 N–H and O–H groups in total. The van der Waals surface area contributed by atoms with Crippen LogP contribution in [-0.2, 0) is 11.3 Å². The van der Waals surface area contributed by atoms with E-state index in [-0.39, 0.29) is 17.1 Å². The number of ether oxygens (including phenoxy) is 1. The number of rotatable bonds is 5. The first-order valence-corrected chi connectivity index (χ1v) is 11.9. The first kappa shape index (κ1) is 22.3. The van der Waals surface area contributed by atoms with Crippen molar-refractivity contribution >= 4 is 21.9 Å². The molecule has 0 amide bonds. The van der Waals surface area contributed by atoms with Crippen LogP contribution in [0.3, 0.4) is 0 Å². The molecular weight excluding hydrogens is 458 g/mol. The number of hydrogen-bond donors (Lipinski definition) is 3. The van der Waals surface area contributed by atoms with Crippen LogP contribution in [0.5, 0.6) is 11.5 Å². The monoisotopic (exact) mass is 483 g/mol. The van der Waals surface area contributed by atoms with Crippen molar-refractivity contribution in [2.45, 2.75) is 6.54 Å². The summed E-state index contributed by atoms with van der Waals surface area (Å²) in [5.74, 6) is 0.437. The van der Waals surface area contributed by atoms with Gasteiger partial charge in [-0.1, -0.05) is 12.1 Å². The molecule has 9 heteroatoms. The van der Waals surface area contributed by atoms with Crippen LogP contribution in [0.4, 0.5) is 0 Å². The van der Waals surface area contributed by atoms with Crippen molar-refractivity contribution < 1.29 is 14.9 Å². The minimum absolute atomic E-state index is 0.0133. The molecule has 36 heavy (non-hydrogen) atoms. The molecule has 2 aromatic heterocycles. The van der Waals surface area contributed by atoms with Crippen LogP contribution in [0.15, 0.2) is 65.7 Å². The Hall–Kier alpha value is -4.21. The zero-order valence-corrected chi connectivity index (χ0v) is 19.5. The lowest BCUT2D eigenvalue weighted by Crippen LogP contribution is -2.39. The molecule has 3 heterocycles. The number of phenols is 2. The lowest BCUT2D eigenvalue weighted by atomic mass is 10.0. The normalized spacial score (nSPS) is 14.6. The summed E-state index contributed by atoms with van der Waals surface area (Å²) in [5.41, 5.74) is 4.48. The lowest BCUT2D eigenvalue weighted by molar-refractivity contribution is 0.0362. The quantitative estimate of drug-likeness (QED) is 0.351. The predicted molar refractivity (Wildman–Crippen MR) is 137 cm³/mol. The van der Waals surface area contributed by atoms with Crippen molar-refractivity contribution in [3.8, 4) is 34.0 Å². The summed E-state index contributed by atoms with van der Waals surface area (Å²) >= 11 is 0. The minimum Gasteiger partial charge on any atom is -0.508 e. The fourth-order valence-corrected chi connectivity index (χ4v) is 4.61. The molecule has 9 nitrogen and oxygen atoms in total. The highest BCUT2D eigenvalue weighted by Crippen LogP contribution is 2.32. The first-order chi connectivity index (χ1) is 17.5. The van der Waals surface area contributed by atoms with E-state index in [9.17, 15) is 15.0 Å². The topological polar surface area (TPSA) is 116 Å². The van der Waals surface area contributed by atoms with Crippen molar-refractivity contribution in [1.82, 2.24) is 24.4 Å². The van der Waals surface area contributed by atoms with Crippen molar-refractivity contribution in [1.29, 1.82) is 0 Å². The number of H-pyrrole nitrogens is 1. The predicted octanol–water partition coefficient (Wildman–Crippen LogP) is 3.35. The van der Waals surface area contributed by atoms with Gasteiger partial charge in [-0.15, -0.1) is 0 Å². The number of hydrogen-bond acceptors (Lipinski definition) is 7. The Morgan fingerprint density at radius 2 is 1.69 bits per heavy atom. The highest BCUT2D eigenvalue weighted by molar-refractivity contribution is 5.88. The molecule has 0 bridgehead atoms. The molecule has 3 aromatic carbocycles. The molecule has 0 atom stereocenters. The SMILES string of the molecule is O=c1c2cc(-c3ccc4nc(-c5ccc(O)cc5O)[nH]c4c3)ccc2ncn1CCN1CCOCC1. The Morgan fingerprint density at radius 1 is 0.917 bits per heavy atom. The Bertz CT molecular complexity index is 1640. The van der Waals surface area contributed by atoms with Crippen molar-refractivity contribution in [3.63, 3.8) is 0 Å². The standard InChI is InChI=1S/C27H25N5O4/c33-19-3-4-20(25(34)15-19)26-29-23-6-2-18(14-24(23)30-26)17-1-5-22-21(13-17)27(35)32(16-28-22)8-7-31-9-11-36-12-10-31/h1-6,13-16,33-34H,7-12H2,(H,29,30). The van der Waals surface area contributed by atoms with Gasteiger partial charge in [0.15, 0.2) is 0 Å². The van der Waals surface area contributed by atoms with E-state index in [1.807, 2.05) is 36.4 Å². The summed E-state index contributed by atoms with van der Waals surface area (Å²) in [7, 11) is 0. The molecule has 0 spiro atoms. The van der Waals surface area contributed by atoms with Gasteiger partial charge in [-0.3, -0.25) is 14.3 Å². The van der Waals surface area contributed by atoms with E-state index >= 15 is 0 Å². The average molecular weight is 484 g/mol. The number of phenolic OH excluding ortho intramolecular Hbond substituents is 2. The van der Waals surface area contributed by atoms with Crippen molar-refractivity contribution in [2.75, 3.05) is 32.8 Å². The fourth-order valence-electron chi connectivity index (χ4n) is 4.61. The number of nitrogens with one attached hydrogen (secondary N) is 1. The van der Waals surface area contributed by atoms with Crippen molar-refractivity contribution in [3.05, 3.63) is 71.3 Å². The van der Waals surface area contributed by atoms with E-state index < -0.39 is 0 Å². The number of aromatic amines is 1. The van der Waals surface area contributed by atoms with E-state index in [0.29, 0.717) is 28.8 Å². The Labute approximate surface area is 206 Å². The van der Waals surface area contributed by atoms with Gasteiger partial charge < -0.3 is 19.9 Å². The minimum atomic E-state index is -0.0544. The highest BCUT2D eigenvalue weighted by Gasteiger charge is 2.13. The lowest BCUT2D eigenvalue weighted by Gasteiger charge is -2.26. The van der Waals surface area contributed by atoms with Gasteiger partial charge in [-0.25, -0.2) is 9.97 Å². The number of aromatic nitrogens is 4. The van der Waals surface area contributed by atoms with E-state index in [2.05, 4.69) is 19.9 Å². The Morgan fingerprint density at radius 3 is 2.50 bits per heavy atom. The molecule has 5 aromatic rings. The second-order valence-corrected chi connectivity index (χ2v) is 8.95. The average Bonchev–Trinajstić information content (AvgIpc) is 3.32. The summed E-state index contributed by atoms with van der Waals surface area (Å²) in [4.78, 5) is 27.8. The van der Waals surface area contributed by atoms with E-state index in [1.165, 1.54) is 12.1 Å². The van der Waals surface area contributed by atoms with Gasteiger partial charge in [-0.2, -0.15) is 0 Å². The van der Waals surface area contributed by atoms with Crippen molar-refractivity contribution in [2.24, 2.45) is 0 Å². The molecule has 0 radical (unpaired) electrons. The van der Waals surface area contributed by atoms with Crippen LogP contribution in [0, 0.1) is 0 Å². The van der Waals surface area contributed by atoms with Gasteiger partial charge in [0.05, 0.1) is 47.0 Å². The third-order valence-electron chi connectivity index (χ3n) is 6.64. The summed E-state index contributed by atoms with van der Waals surface area (Å²) in [6.07, 6.45) is 1.63. The molecule has 0 unspecified atom stereocenters. The number of benzene rings is 3. The highest BCUT2D eigenvalue weighted by atomic mass is 16.5. The van der Waals surface area contributed by atoms with Gasteiger partial charge in [0, 0.05) is 32.2 Å². The van der Waals surface area contributed by atoms with Gasteiger partial charge >= 0.3 is 0 Å². The number of fused-ring (bicyclic) bond motifs is 2. The summed E-state index contributed by atoms with van der Waals surface area (Å²) in [6.45, 7) is 4.58. The van der Waals surface area contributed by atoms with Crippen LogP contribution >= 0.6 is 0 Å². The summed E-state index contributed by atoms with van der Waals surface area (Å²) in [6, 6.07) is 15.9. The van der Waals surface area contributed by atoms with Gasteiger partial charge in [0.2, 0.25) is 0 Å². The molecule has 1 saturated heterocycles. The Balaban J connectivity index is 1.32. The molecule has 6 rings (SSSR count). The van der Waals surface area contributed by atoms with Crippen LogP contribution in [0.25, 0.3) is 44.5 Å². The van der Waals surface area contributed by atoms with Gasteiger partial charge in [0.25, 0.3) is 5.56 Å². The maximum Gasteiger partial charge on any atom is 0.261 e. The first-order valence-electron chi connectivity index (χ1n) is 11.9. The smallest absolute Gasteiger partial charge is 0.261 e. The molecule has 1 aliphatic rings.